The highest BCUT2D eigenvalue weighted by Gasteiger charge is 2.04. The summed E-state index contributed by atoms with van der Waals surface area (Å²) in [5.41, 5.74) is 2.24. The van der Waals surface area contributed by atoms with Crippen LogP contribution in [-0.4, -0.2) is 22.6 Å². The molecule has 27 heavy (non-hydrogen) atoms. The zero-order valence-electron chi connectivity index (χ0n) is 13.8. The number of hydrogen-bond acceptors (Lipinski definition) is 4. The van der Waals surface area contributed by atoms with Crippen molar-refractivity contribution in [2.45, 2.75) is 0 Å². The normalized spacial score (nSPS) is 11.5. The van der Waals surface area contributed by atoms with Crippen molar-refractivity contribution in [2.24, 2.45) is 9.98 Å². The molecule has 3 rings (SSSR count). The standard InChI is InChI=1S/C20H13Br2ClN2O2/c21-14-1-5-19(26)12(7-14)10-24-17-4-3-16(23)9-18(17)25-11-13-8-15(22)2-6-20(13)27/h1-11,26-27H. The minimum atomic E-state index is 0.119. The summed E-state index contributed by atoms with van der Waals surface area (Å²) in [5, 5.41) is 20.4. The number of aliphatic imine (C=N–C) groups is 2. The number of halogens is 3. The molecule has 0 aliphatic carbocycles. The molecule has 0 aliphatic rings. The molecule has 0 fully saturated rings. The Morgan fingerprint density at radius 3 is 1.78 bits per heavy atom. The van der Waals surface area contributed by atoms with Crippen molar-refractivity contribution >= 4 is 67.3 Å². The topological polar surface area (TPSA) is 65.2 Å². The number of aromatic hydroxyl groups is 2. The smallest absolute Gasteiger partial charge is 0.124 e. The maximum absolute atomic E-state index is 9.95. The van der Waals surface area contributed by atoms with Crippen LogP contribution in [0.2, 0.25) is 5.02 Å². The van der Waals surface area contributed by atoms with Gasteiger partial charge in [0.25, 0.3) is 0 Å². The first-order valence-electron chi connectivity index (χ1n) is 7.77. The molecule has 7 heteroatoms. The first-order valence-corrected chi connectivity index (χ1v) is 9.73. The molecule has 4 nitrogen and oxygen atoms in total. The van der Waals surface area contributed by atoms with Crippen LogP contribution in [0, 0.1) is 0 Å². The van der Waals surface area contributed by atoms with E-state index in [2.05, 4.69) is 41.8 Å². The molecule has 0 heterocycles. The Hall–Kier alpha value is -2.15. The second-order valence-corrected chi connectivity index (χ2v) is 7.82. The van der Waals surface area contributed by atoms with Crippen LogP contribution in [0.5, 0.6) is 11.5 Å². The summed E-state index contributed by atoms with van der Waals surface area (Å²) in [5.74, 6) is 0.244. The Bertz CT molecular complexity index is 1050. The highest BCUT2D eigenvalue weighted by molar-refractivity contribution is 9.10. The summed E-state index contributed by atoms with van der Waals surface area (Å²) < 4.78 is 1.66. The van der Waals surface area contributed by atoms with Gasteiger partial charge in [0.1, 0.15) is 11.5 Å². The molecule has 0 spiro atoms. The van der Waals surface area contributed by atoms with Gasteiger partial charge in [-0.25, -0.2) is 0 Å². The molecule has 0 bridgehead atoms. The van der Waals surface area contributed by atoms with Crippen LogP contribution in [0.15, 0.2) is 73.5 Å². The van der Waals surface area contributed by atoms with Crippen molar-refractivity contribution in [1.82, 2.24) is 0 Å². The summed E-state index contributed by atoms with van der Waals surface area (Å²) >= 11 is 12.8. The van der Waals surface area contributed by atoms with Crippen LogP contribution >= 0.6 is 43.5 Å². The zero-order valence-corrected chi connectivity index (χ0v) is 17.7. The van der Waals surface area contributed by atoms with Crippen LogP contribution in [0.4, 0.5) is 11.4 Å². The summed E-state index contributed by atoms with van der Waals surface area (Å²) in [6.45, 7) is 0. The molecule has 3 aromatic carbocycles. The van der Waals surface area contributed by atoms with Gasteiger partial charge in [0.15, 0.2) is 0 Å². The van der Waals surface area contributed by atoms with E-state index in [0.717, 1.165) is 8.95 Å². The zero-order chi connectivity index (χ0) is 19.4. The number of phenols is 2. The molecule has 0 radical (unpaired) electrons. The lowest BCUT2D eigenvalue weighted by Gasteiger charge is -2.04. The molecule has 0 atom stereocenters. The van der Waals surface area contributed by atoms with Gasteiger partial charge in [-0.05, 0) is 54.6 Å². The molecular weight excluding hydrogens is 495 g/mol. The fraction of sp³-hybridized carbons (Fsp3) is 0. The van der Waals surface area contributed by atoms with Crippen molar-refractivity contribution in [3.63, 3.8) is 0 Å². The predicted molar refractivity (Wildman–Crippen MR) is 118 cm³/mol. The Morgan fingerprint density at radius 1 is 0.704 bits per heavy atom. The maximum Gasteiger partial charge on any atom is 0.124 e. The average molecular weight is 509 g/mol. The second-order valence-electron chi connectivity index (χ2n) is 5.56. The summed E-state index contributed by atoms with van der Waals surface area (Å²) in [6.07, 6.45) is 3.10. The maximum atomic E-state index is 9.95. The molecule has 3 aromatic rings. The number of benzene rings is 3. The average Bonchev–Trinajstić information content (AvgIpc) is 2.64. The van der Waals surface area contributed by atoms with E-state index in [-0.39, 0.29) is 11.5 Å². The van der Waals surface area contributed by atoms with E-state index in [1.54, 1.807) is 67.0 Å². The van der Waals surface area contributed by atoms with Crippen LogP contribution in [-0.2, 0) is 0 Å². The minimum absolute atomic E-state index is 0.119. The lowest BCUT2D eigenvalue weighted by molar-refractivity contribution is 0.474. The van der Waals surface area contributed by atoms with Crippen molar-refractivity contribution in [2.75, 3.05) is 0 Å². The van der Waals surface area contributed by atoms with Gasteiger partial charge >= 0.3 is 0 Å². The molecule has 2 N–H and O–H groups in total. The van der Waals surface area contributed by atoms with Crippen LogP contribution in [0.1, 0.15) is 11.1 Å². The van der Waals surface area contributed by atoms with Crippen LogP contribution in [0.25, 0.3) is 0 Å². The van der Waals surface area contributed by atoms with E-state index in [1.807, 2.05) is 0 Å². The highest BCUT2D eigenvalue weighted by atomic mass is 79.9. The number of phenolic OH excluding ortho intramolecular Hbond substituents is 2. The third-order valence-corrected chi connectivity index (χ3v) is 4.82. The number of rotatable bonds is 4. The van der Waals surface area contributed by atoms with E-state index in [9.17, 15) is 10.2 Å². The molecule has 0 saturated heterocycles. The van der Waals surface area contributed by atoms with Crippen LogP contribution < -0.4 is 0 Å². The lowest BCUT2D eigenvalue weighted by Crippen LogP contribution is -1.84. The number of hydrogen-bond donors (Lipinski definition) is 2. The Balaban J connectivity index is 1.96. The van der Waals surface area contributed by atoms with E-state index in [4.69, 9.17) is 11.6 Å². The molecule has 0 aromatic heterocycles. The Labute approximate surface area is 178 Å². The van der Waals surface area contributed by atoms with Crippen molar-refractivity contribution in [3.8, 4) is 11.5 Å². The monoisotopic (exact) mass is 506 g/mol. The van der Waals surface area contributed by atoms with Crippen molar-refractivity contribution < 1.29 is 10.2 Å². The van der Waals surface area contributed by atoms with Gasteiger partial charge < -0.3 is 10.2 Å². The van der Waals surface area contributed by atoms with Crippen LogP contribution in [0.3, 0.4) is 0 Å². The van der Waals surface area contributed by atoms with Gasteiger partial charge in [-0.3, -0.25) is 9.98 Å². The van der Waals surface area contributed by atoms with E-state index < -0.39 is 0 Å². The van der Waals surface area contributed by atoms with Gasteiger partial charge in [-0.1, -0.05) is 43.5 Å². The molecular formula is C20H13Br2ClN2O2. The summed E-state index contributed by atoms with van der Waals surface area (Å²) in [6, 6.07) is 15.3. The highest BCUT2D eigenvalue weighted by Crippen LogP contribution is 2.32. The lowest BCUT2D eigenvalue weighted by atomic mass is 10.2. The first kappa shape index (κ1) is 19.6. The van der Waals surface area contributed by atoms with Gasteiger partial charge in [-0.2, -0.15) is 0 Å². The number of nitrogens with zero attached hydrogens (tertiary/aromatic N) is 2. The largest absolute Gasteiger partial charge is 0.507 e. The minimum Gasteiger partial charge on any atom is -0.507 e. The Kier molecular flexibility index (Phi) is 6.31. The van der Waals surface area contributed by atoms with Gasteiger partial charge in [0.2, 0.25) is 0 Å². The van der Waals surface area contributed by atoms with E-state index in [0.29, 0.717) is 27.5 Å². The fourth-order valence-corrected chi connectivity index (χ4v) is 3.17. The Morgan fingerprint density at radius 2 is 1.22 bits per heavy atom. The quantitative estimate of drug-likeness (QED) is 0.382. The predicted octanol–water partition coefficient (Wildman–Crippen LogP) is 6.78. The third kappa shape index (κ3) is 5.19. The third-order valence-electron chi connectivity index (χ3n) is 3.60. The second kappa shape index (κ2) is 8.69. The molecule has 0 amide bonds. The summed E-state index contributed by atoms with van der Waals surface area (Å²) in [7, 11) is 0. The first-order chi connectivity index (χ1) is 12.9. The fourth-order valence-electron chi connectivity index (χ4n) is 2.24. The van der Waals surface area contributed by atoms with Gasteiger partial charge in [0.05, 0.1) is 11.4 Å². The summed E-state index contributed by atoms with van der Waals surface area (Å²) in [4.78, 5) is 8.84. The van der Waals surface area contributed by atoms with E-state index >= 15 is 0 Å². The van der Waals surface area contributed by atoms with Gasteiger partial charge in [0, 0.05) is 37.5 Å². The van der Waals surface area contributed by atoms with Gasteiger partial charge in [-0.15, -0.1) is 0 Å². The van der Waals surface area contributed by atoms with Crippen molar-refractivity contribution in [3.05, 3.63) is 79.7 Å². The van der Waals surface area contributed by atoms with Crippen molar-refractivity contribution in [1.29, 1.82) is 0 Å². The van der Waals surface area contributed by atoms with E-state index in [1.165, 1.54) is 0 Å². The molecule has 0 aliphatic heterocycles. The molecule has 0 unspecified atom stereocenters. The molecule has 136 valence electrons. The molecule has 0 saturated carbocycles. The SMILES string of the molecule is Oc1ccc(Br)cc1C=Nc1ccc(Cl)cc1N=Cc1cc(Br)ccc1O.